The van der Waals surface area contributed by atoms with Gasteiger partial charge >= 0.3 is 0 Å². The molecule has 0 aliphatic carbocycles. The van der Waals surface area contributed by atoms with Crippen LogP contribution in [0, 0.1) is 0 Å². The Morgan fingerprint density at radius 2 is 1.25 bits per heavy atom. The molecule has 4 N–H and O–H groups in total. The fourth-order valence-electron chi connectivity index (χ4n) is 1.80. The van der Waals surface area contributed by atoms with Gasteiger partial charge in [0.15, 0.2) is 0 Å². The van der Waals surface area contributed by atoms with Gasteiger partial charge in [-0.3, -0.25) is 19.6 Å². The van der Waals surface area contributed by atoms with E-state index in [9.17, 15) is 19.8 Å². The third-order valence-corrected chi connectivity index (χ3v) is 2.90. The Balaban J connectivity index is 0.00000288. The normalized spacial score (nSPS) is 9.67. The lowest BCUT2D eigenvalue weighted by Gasteiger charge is -2.07. The van der Waals surface area contributed by atoms with E-state index in [0.29, 0.717) is 19.5 Å². The summed E-state index contributed by atoms with van der Waals surface area (Å²) >= 11 is 0. The van der Waals surface area contributed by atoms with Gasteiger partial charge in [0.25, 0.3) is 11.8 Å². The van der Waals surface area contributed by atoms with Gasteiger partial charge in [-0.2, -0.15) is 0 Å². The van der Waals surface area contributed by atoms with E-state index >= 15 is 0 Å². The lowest BCUT2D eigenvalue weighted by atomic mass is 10.2. The van der Waals surface area contributed by atoms with Crippen LogP contribution >= 0.6 is 0 Å². The first-order chi connectivity index (χ1) is 11.1. The predicted molar refractivity (Wildman–Crippen MR) is 81.1 cm³/mol. The number of pyridine rings is 2. The van der Waals surface area contributed by atoms with Gasteiger partial charge in [-0.05, 0) is 18.6 Å². The molecule has 9 heteroatoms. The molecule has 0 saturated heterocycles. The highest BCUT2D eigenvalue weighted by molar-refractivity contribution is 5.94. The van der Waals surface area contributed by atoms with E-state index in [1.807, 2.05) is 0 Å². The Labute approximate surface area is 144 Å². The largest absolute Gasteiger partial charge is 1.00 e. The number of aromatic hydroxyl groups is 2. The topological polar surface area (TPSA) is 124 Å². The van der Waals surface area contributed by atoms with Gasteiger partial charge in [-0.15, -0.1) is 0 Å². The van der Waals surface area contributed by atoms with Crippen molar-refractivity contribution >= 4 is 11.8 Å². The number of carbonyl (C=O) groups is 2. The molecular weight excluding hydrogens is 336 g/mol. The van der Waals surface area contributed by atoms with E-state index in [0.717, 1.165) is 0 Å². The highest BCUT2D eigenvalue weighted by atomic mass is 35.5. The first-order valence-corrected chi connectivity index (χ1v) is 6.90. The Kier molecular flexibility index (Phi) is 7.44. The maximum Gasteiger partial charge on any atom is 0.252 e. The molecule has 0 unspecified atom stereocenters. The summed E-state index contributed by atoms with van der Waals surface area (Å²) in [5.41, 5.74) is 0.528. The summed E-state index contributed by atoms with van der Waals surface area (Å²) in [7, 11) is 0. The summed E-state index contributed by atoms with van der Waals surface area (Å²) < 4.78 is 0. The molecule has 0 aliphatic heterocycles. The highest BCUT2D eigenvalue weighted by Crippen LogP contribution is 2.08. The zero-order chi connectivity index (χ0) is 16.7. The molecule has 2 heterocycles. The van der Waals surface area contributed by atoms with Gasteiger partial charge in [0.05, 0.1) is 23.5 Å². The monoisotopic (exact) mass is 351 g/mol. The van der Waals surface area contributed by atoms with Crippen LogP contribution in [0.3, 0.4) is 0 Å². The summed E-state index contributed by atoms with van der Waals surface area (Å²) in [6.07, 6.45) is 5.71. The number of amides is 2. The first kappa shape index (κ1) is 19.2. The van der Waals surface area contributed by atoms with Crippen molar-refractivity contribution in [1.82, 2.24) is 20.6 Å². The number of carbonyl (C=O) groups excluding carboxylic acids is 2. The van der Waals surface area contributed by atoms with Gasteiger partial charge < -0.3 is 33.3 Å². The van der Waals surface area contributed by atoms with E-state index in [4.69, 9.17) is 0 Å². The van der Waals surface area contributed by atoms with Crippen molar-refractivity contribution in [2.24, 2.45) is 0 Å². The van der Waals surface area contributed by atoms with E-state index in [2.05, 4.69) is 20.6 Å². The molecule has 0 aliphatic rings. The van der Waals surface area contributed by atoms with E-state index in [1.165, 1.54) is 36.9 Å². The predicted octanol–water partition coefficient (Wildman–Crippen LogP) is -2.56. The van der Waals surface area contributed by atoms with Crippen LogP contribution in [0.2, 0.25) is 0 Å². The molecule has 2 amide bonds. The summed E-state index contributed by atoms with van der Waals surface area (Å²) in [6, 6.07) is 2.64. The molecule has 0 saturated carbocycles. The Bertz CT molecular complexity index is 652. The van der Waals surface area contributed by atoms with Gasteiger partial charge in [0.2, 0.25) is 0 Å². The van der Waals surface area contributed by atoms with Crippen molar-refractivity contribution in [3.63, 3.8) is 0 Å². The lowest BCUT2D eigenvalue weighted by Crippen LogP contribution is -3.00. The molecule has 2 aromatic rings. The molecule has 2 aromatic heterocycles. The zero-order valence-corrected chi connectivity index (χ0v) is 13.3. The summed E-state index contributed by atoms with van der Waals surface area (Å²) in [4.78, 5) is 31.0. The minimum atomic E-state index is -0.350. The molecule has 0 bridgehead atoms. The SMILES string of the molecule is O=C(NCCCNC(=O)c1cncc(O)c1)c1cncc(O)c1.[Cl-]. The number of nitrogens with zero attached hydrogens (tertiary/aromatic N) is 2. The fraction of sp³-hybridized carbons (Fsp3) is 0.200. The van der Waals surface area contributed by atoms with Crippen LogP contribution in [0.25, 0.3) is 0 Å². The molecule has 0 atom stereocenters. The van der Waals surface area contributed by atoms with Crippen LogP contribution in [0.5, 0.6) is 11.5 Å². The van der Waals surface area contributed by atoms with Crippen LogP contribution in [-0.2, 0) is 0 Å². The van der Waals surface area contributed by atoms with Crippen LogP contribution in [0.1, 0.15) is 27.1 Å². The second kappa shape index (κ2) is 9.31. The van der Waals surface area contributed by atoms with Crippen LogP contribution in [0.4, 0.5) is 0 Å². The number of aromatic nitrogens is 2. The first-order valence-electron chi connectivity index (χ1n) is 6.90. The van der Waals surface area contributed by atoms with Crippen molar-refractivity contribution in [2.45, 2.75) is 6.42 Å². The third kappa shape index (κ3) is 5.73. The van der Waals surface area contributed by atoms with E-state index in [1.54, 1.807) is 0 Å². The number of halogens is 1. The number of rotatable bonds is 6. The highest BCUT2D eigenvalue weighted by Gasteiger charge is 2.07. The molecule has 0 aromatic carbocycles. The van der Waals surface area contributed by atoms with E-state index in [-0.39, 0.29) is 46.8 Å². The average molecular weight is 352 g/mol. The summed E-state index contributed by atoms with van der Waals surface area (Å²) in [6.45, 7) is 0.708. The molecule has 128 valence electrons. The number of hydrogen-bond acceptors (Lipinski definition) is 6. The summed E-state index contributed by atoms with van der Waals surface area (Å²) in [5, 5.41) is 23.8. The van der Waals surface area contributed by atoms with Gasteiger partial charge in [-0.25, -0.2) is 0 Å². The van der Waals surface area contributed by atoms with Gasteiger partial charge in [0, 0.05) is 25.5 Å². The second-order valence-corrected chi connectivity index (χ2v) is 4.73. The maximum atomic E-state index is 11.8. The molecule has 8 nitrogen and oxygen atoms in total. The quantitative estimate of drug-likeness (QED) is 0.424. The van der Waals surface area contributed by atoms with Crippen LogP contribution in [-0.4, -0.2) is 45.1 Å². The third-order valence-electron chi connectivity index (χ3n) is 2.90. The van der Waals surface area contributed by atoms with Crippen molar-refractivity contribution < 1.29 is 32.2 Å². The van der Waals surface area contributed by atoms with Gasteiger partial charge in [0.1, 0.15) is 11.5 Å². The lowest BCUT2D eigenvalue weighted by molar-refractivity contribution is -0.0000234. The zero-order valence-electron chi connectivity index (χ0n) is 12.6. The van der Waals surface area contributed by atoms with Crippen LogP contribution < -0.4 is 23.0 Å². The van der Waals surface area contributed by atoms with Crippen molar-refractivity contribution in [1.29, 1.82) is 0 Å². The minimum Gasteiger partial charge on any atom is -1.00 e. The number of hydrogen-bond donors (Lipinski definition) is 4. The Hall–Kier alpha value is -2.87. The van der Waals surface area contributed by atoms with E-state index < -0.39 is 0 Å². The van der Waals surface area contributed by atoms with Crippen molar-refractivity contribution in [3.05, 3.63) is 48.0 Å². The Morgan fingerprint density at radius 1 is 0.833 bits per heavy atom. The molecule has 24 heavy (non-hydrogen) atoms. The fourth-order valence-corrected chi connectivity index (χ4v) is 1.80. The van der Waals surface area contributed by atoms with Gasteiger partial charge in [-0.1, -0.05) is 0 Å². The summed E-state index contributed by atoms with van der Waals surface area (Å²) in [5.74, 6) is -0.858. The molecule has 0 fully saturated rings. The minimum absolute atomic E-state index is 0. The average Bonchev–Trinajstić information content (AvgIpc) is 2.54. The smallest absolute Gasteiger partial charge is 0.252 e. The van der Waals surface area contributed by atoms with Crippen molar-refractivity contribution in [3.8, 4) is 11.5 Å². The number of nitrogens with one attached hydrogen (secondary N) is 2. The second-order valence-electron chi connectivity index (χ2n) is 4.73. The van der Waals surface area contributed by atoms with Crippen molar-refractivity contribution in [2.75, 3.05) is 13.1 Å². The molecule has 0 radical (unpaired) electrons. The molecular formula is C15H16ClN4O4-. The maximum absolute atomic E-state index is 11.8. The Morgan fingerprint density at radius 3 is 1.62 bits per heavy atom. The standard InChI is InChI=1S/C15H16N4O4.ClH/c20-12-4-10(6-16-8-12)14(22)18-2-1-3-19-15(23)11-5-13(21)9-17-7-11;/h4-9,20-21H,1-3H2,(H,18,22)(H,19,23);1H/p-1. The van der Waals surface area contributed by atoms with Crippen LogP contribution in [0.15, 0.2) is 36.9 Å². The molecule has 2 rings (SSSR count). The molecule has 0 spiro atoms.